The van der Waals surface area contributed by atoms with Crippen molar-refractivity contribution in [3.63, 3.8) is 0 Å². The number of ether oxygens (including phenoxy) is 1. The molecule has 1 atom stereocenters. The first-order chi connectivity index (χ1) is 19.9. The Morgan fingerprint density at radius 3 is 2.22 bits per heavy atom. The van der Waals surface area contributed by atoms with Gasteiger partial charge in [-0.05, 0) is 59.7 Å². The normalized spacial score (nSPS) is 13.0. The molecule has 9 heteroatoms. The molecular formula is C32H26ClN3O5. The summed E-state index contributed by atoms with van der Waals surface area (Å²) in [7, 11) is 1.55. The molecule has 5 rings (SSSR count). The third-order valence-corrected chi connectivity index (χ3v) is 7.04. The van der Waals surface area contributed by atoms with Crippen molar-refractivity contribution in [2.45, 2.75) is 12.6 Å². The van der Waals surface area contributed by atoms with Crippen molar-refractivity contribution in [2.24, 2.45) is 0 Å². The molecule has 1 heterocycles. The third-order valence-electron chi connectivity index (χ3n) is 6.79. The van der Waals surface area contributed by atoms with Gasteiger partial charge in [-0.3, -0.25) is 24.1 Å². The van der Waals surface area contributed by atoms with Crippen molar-refractivity contribution in [3.8, 4) is 5.75 Å². The van der Waals surface area contributed by atoms with E-state index in [1.54, 1.807) is 104 Å². The predicted octanol–water partition coefficient (Wildman–Crippen LogP) is 5.29. The van der Waals surface area contributed by atoms with Crippen LogP contribution in [0.3, 0.4) is 0 Å². The molecule has 0 saturated heterocycles. The van der Waals surface area contributed by atoms with Crippen molar-refractivity contribution in [3.05, 3.63) is 125 Å². The molecule has 0 aliphatic carbocycles. The minimum absolute atomic E-state index is 0.0449. The highest BCUT2D eigenvalue weighted by atomic mass is 35.5. The van der Waals surface area contributed by atoms with Gasteiger partial charge in [-0.1, -0.05) is 66.2 Å². The summed E-state index contributed by atoms with van der Waals surface area (Å²) < 4.78 is 5.21. The second-order valence-electron chi connectivity index (χ2n) is 9.42. The summed E-state index contributed by atoms with van der Waals surface area (Å²) in [4.78, 5) is 56.1. The molecule has 206 valence electrons. The van der Waals surface area contributed by atoms with Crippen LogP contribution in [0, 0.1) is 0 Å². The van der Waals surface area contributed by atoms with Gasteiger partial charge in [-0.2, -0.15) is 0 Å². The van der Waals surface area contributed by atoms with Crippen LogP contribution in [0.2, 0.25) is 5.02 Å². The highest BCUT2D eigenvalue weighted by molar-refractivity contribution is 6.52. The van der Waals surface area contributed by atoms with E-state index in [1.807, 2.05) is 6.07 Å². The van der Waals surface area contributed by atoms with Gasteiger partial charge in [0.2, 0.25) is 5.91 Å². The van der Waals surface area contributed by atoms with Gasteiger partial charge in [0.1, 0.15) is 18.3 Å². The number of hydrogen-bond acceptors (Lipinski definition) is 5. The molecule has 0 bridgehead atoms. The number of anilines is 2. The van der Waals surface area contributed by atoms with Crippen LogP contribution in [0.1, 0.15) is 27.5 Å². The number of para-hydroxylation sites is 1. The minimum atomic E-state index is -1.06. The fourth-order valence-electron chi connectivity index (χ4n) is 4.73. The third kappa shape index (κ3) is 5.97. The van der Waals surface area contributed by atoms with E-state index in [-0.39, 0.29) is 12.1 Å². The van der Waals surface area contributed by atoms with Gasteiger partial charge in [0.15, 0.2) is 0 Å². The first kappa shape index (κ1) is 27.6. The average Bonchev–Trinajstić information content (AvgIpc) is 3.23. The van der Waals surface area contributed by atoms with Crippen molar-refractivity contribution >= 4 is 46.5 Å². The van der Waals surface area contributed by atoms with Gasteiger partial charge in [0.05, 0.1) is 18.4 Å². The molecule has 0 aromatic heterocycles. The molecule has 0 saturated carbocycles. The van der Waals surface area contributed by atoms with Gasteiger partial charge in [-0.25, -0.2) is 0 Å². The zero-order valence-corrected chi connectivity index (χ0v) is 22.9. The first-order valence-electron chi connectivity index (χ1n) is 12.8. The topological polar surface area (TPSA) is 96.0 Å². The number of carbonyl (C=O) groups is 4. The fraction of sp³-hybridized carbons (Fsp3) is 0.125. The Morgan fingerprint density at radius 2 is 1.54 bits per heavy atom. The zero-order valence-electron chi connectivity index (χ0n) is 22.1. The molecule has 8 nitrogen and oxygen atoms in total. The summed E-state index contributed by atoms with van der Waals surface area (Å²) in [6.45, 7) is -0.377. The van der Waals surface area contributed by atoms with Crippen LogP contribution in [-0.2, 0) is 20.9 Å². The van der Waals surface area contributed by atoms with Gasteiger partial charge >= 0.3 is 0 Å². The predicted molar refractivity (Wildman–Crippen MR) is 156 cm³/mol. The second kappa shape index (κ2) is 12.1. The van der Waals surface area contributed by atoms with E-state index in [0.29, 0.717) is 27.7 Å². The summed E-state index contributed by atoms with van der Waals surface area (Å²) in [6.07, 6.45) is 0. The molecule has 1 aliphatic rings. The maximum absolute atomic E-state index is 14.1. The van der Waals surface area contributed by atoms with E-state index in [0.717, 1.165) is 10.5 Å². The lowest BCUT2D eigenvalue weighted by Gasteiger charge is -2.33. The lowest BCUT2D eigenvalue weighted by Crippen LogP contribution is -2.46. The second-order valence-corrected chi connectivity index (χ2v) is 9.85. The molecule has 41 heavy (non-hydrogen) atoms. The first-order valence-corrected chi connectivity index (χ1v) is 13.2. The van der Waals surface area contributed by atoms with E-state index in [4.69, 9.17) is 16.3 Å². The molecule has 0 fully saturated rings. The Labute approximate surface area is 242 Å². The molecular weight excluding hydrogens is 542 g/mol. The van der Waals surface area contributed by atoms with E-state index in [1.165, 1.54) is 4.90 Å². The van der Waals surface area contributed by atoms with Crippen molar-refractivity contribution in [2.75, 3.05) is 23.9 Å². The lowest BCUT2D eigenvalue weighted by atomic mass is 10.0. The molecule has 4 aromatic rings. The SMILES string of the molecule is COc1ccc(NC(=O)[C@@H](c2ccccc2)N(Cc2ccc(Cl)cc2)C(=O)CN2C(=O)C(=O)c3ccccc32)cc1. The summed E-state index contributed by atoms with van der Waals surface area (Å²) in [5.74, 6) is -1.80. The Balaban J connectivity index is 1.52. The number of rotatable bonds is 9. The van der Waals surface area contributed by atoms with Crippen LogP contribution in [0.5, 0.6) is 5.75 Å². The lowest BCUT2D eigenvalue weighted by molar-refractivity contribution is -0.139. The quantitative estimate of drug-likeness (QED) is 0.277. The minimum Gasteiger partial charge on any atom is -0.497 e. The number of fused-ring (bicyclic) bond motifs is 1. The van der Waals surface area contributed by atoms with E-state index < -0.39 is 36.1 Å². The smallest absolute Gasteiger partial charge is 0.299 e. The number of Topliss-reactive ketones (excluding diaryl/α,β-unsaturated/α-hetero) is 1. The number of halogens is 1. The maximum atomic E-state index is 14.1. The number of nitrogens with one attached hydrogen (secondary N) is 1. The zero-order chi connectivity index (χ0) is 28.9. The van der Waals surface area contributed by atoms with Crippen LogP contribution in [-0.4, -0.2) is 42.1 Å². The van der Waals surface area contributed by atoms with Crippen LogP contribution in [0.15, 0.2) is 103 Å². The number of carbonyl (C=O) groups excluding carboxylic acids is 4. The van der Waals surface area contributed by atoms with Crippen molar-refractivity contribution in [1.82, 2.24) is 4.90 Å². The highest BCUT2D eigenvalue weighted by Crippen LogP contribution is 2.31. The number of methoxy groups -OCH3 is 1. The molecule has 1 aliphatic heterocycles. The number of hydrogen-bond donors (Lipinski definition) is 1. The van der Waals surface area contributed by atoms with Crippen molar-refractivity contribution < 1.29 is 23.9 Å². The van der Waals surface area contributed by atoms with Crippen LogP contribution in [0.25, 0.3) is 0 Å². The van der Waals surface area contributed by atoms with Crippen molar-refractivity contribution in [1.29, 1.82) is 0 Å². The Kier molecular flexibility index (Phi) is 8.12. The number of nitrogens with zero attached hydrogens (tertiary/aromatic N) is 2. The number of benzene rings is 4. The number of amides is 3. The van der Waals surface area contributed by atoms with Gasteiger partial charge in [-0.15, -0.1) is 0 Å². The molecule has 0 radical (unpaired) electrons. The molecule has 3 amide bonds. The van der Waals surface area contributed by atoms with Gasteiger partial charge in [0.25, 0.3) is 17.6 Å². The van der Waals surface area contributed by atoms with Crippen LogP contribution >= 0.6 is 11.6 Å². The van der Waals surface area contributed by atoms with E-state index in [2.05, 4.69) is 5.32 Å². The maximum Gasteiger partial charge on any atom is 0.299 e. The number of ketones is 1. The summed E-state index contributed by atoms with van der Waals surface area (Å²) >= 11 is 6.09. The summed E-state index contributed by atoms with van der Waals surface area (Å²) in [5, 5.41) is 3.43. The largest absolute Gasteiger partial charge is 0.497 e. The van der Waals surface area contributed by atoms with Gasteiger partial charge in [0, 0.05) is 17.3 Å². The standard InChI is InChI=1S/C32H26ClN3O5/c1-41-25-17-15-24(16-18-25)34-31(39)29(22-7-3-2-4-8-22)36(19-21-11-13-23(33)14-12-21)28(37)20-35-27-10-6-5-9-26(27)30(38)32(35)40/h2-18,29H,19-20H2,1H3,(H,34,39)/t29-/m1/s1. The highest BCUT2D eigenvalue weighted by Gasteiger charge is 2.39. The molecule has 0 unspecified atom stereocenters. The molecule has 0 spiro atoms. The van der Waals surface area contributed by atoms with Crippen LogP contribution < -0.4 is 15.0 Å². The summed E-state index contributed by atoms with van der Waals surface area (Å²) in [5.41, 5.74) is 2.42. The Hall–Kier alpha value is -4.95. The van der Waals surface area contributed by atoms with Gasteiger partial charge < -0.3 is 15.0 Å². The molecule has 4 aromatic carbocycles. The van der Waals surface area contributed by atoms with E-state index in [9.17, 15) is 19.2 Å². The fourth-order valence-corrected chi connectivity index (χ4v) is 4.86. The molecule has 1 N–H and O–H groups in total. The van der Waals surface area contributed by atoms with Crippen LogP contribution in [0.4, 0.5) is 11.4 Å². The Morgan fingerprint density at radius 1 is 0.878 bits per heavy atom. The Bertz CT molecular complexity index is 1590. The summed E-state index contributed by atoms with van der Waals surface area (Å²) in [6, 6.07) is 28.2. The monoisotopic (exact) mass is 567 g/mol. The van der Waals surface area contributed by atoms with E-state index >= 15 is 0 Å². The average molecular weight is 568 g/mol.